The zero-order valence-corrected chi connectivity index (χ0v) is 23.1. The number of nitrogens with zero attached hydrogens (tertiary/aromatic N) is 3. The van der Waals surface area contributed by atoms with E-state index in [1.54, 1.807) is 38.1 Å². The number of carbonyl (C=O) groups excluding carboxylic acids is 3. The summed E-state index contributed by atoms with van der Waals surface area (Å²) in [4.78, 5) is 45.4. The van der Waals surface area contributed by atoms with Crippen molar-refractivity contribution < 1.29 is 29.0 Å². The summed E-state index contributed by atoms with van der Waals surface area (Å²) < 4.78 is 12.0. The Hall–Kier alpha value is -3.47. The van der Waals surface area contributed by atoms with Crippen LogP contribution in [0.2, 0.25) is 0 Å². The third-order valence-electron chi connectivity index (χ3n) is 8.31. The van der Waals surface area contributed by atoms with Gasteiger partial charge in [-0.3, -0.25) is 9.59 Å². The minimum atomic E-state index is -1.97. The standard InChI is InChI=1S/C30H38N4O6/c1-20(2)30(29(38)40-25-17-10-18-32(25)27(36)28(37)34(30)31)33(22-12-5-3-6-13-22)26(35)21-11-9-16-24(19-21)39-23-14-7-4-8-15-23/h4,7-9,11,14-16,19-20,22,25,27,36H,3,5-6,10,12-13,17-18,31H2,1-2H3. The maximum absolute atomic E-state index is 14.6. The molecular formula is C30H38N4O6. The van der Waals surface area contributed by atoms with Crippen molar-refractivity contribution in [2.75, 3.05) is 6.54 Å². The van der Waals surface area contributed by atoms with E-state index < -0.39 is 41.8 Å². The van der Waals surface area contributed by atoms with Gasteiger partial charge in [-0.1, -0.05) is 57.4 Å². The molecule has 214 valence electrons. The monoisotopic (exact) mass is 550 g/mol. The number of hydrogen-bond acceptors (Lipinski definition) is 8. The number of amides is 2. The molecule has 2 saturated heterocycles. The number of hydrogen-bond donors (Lipinski definition) is 2. The SMILES string of the molecule is CC(C)C1(N(C(=O)c2cccc(Oc3ccccc3)c2)C2CCCCC2)C(=O)OC2CCCN2C(O)C(=O)N1N. The Morgan fingerprint density at radius 1 is 1.02 bits per heavy atom. The lowest BCUT2D eigenvalue weighted by Crippen LogP contribution is -2.78. The molecule has 2 aliphatic heterocycles. The van der Waals surface area contributed by atoms with Crippen molar-refractivity contribution in [3.63, 3.8) is 0 Å². The van der Waals surface area contributed by atoms with Crippen molar-refractivity contribution in [2.45, 2.75) is 83.0 Å². The summed E-state index contributed by atoms with van der Waals surface area (Å²) in [6.45, 7) is 3.88. The highest BCUT2D eigenvalue weighted by atomic mass is 16.6. The van der Waals surface area contributed by atoms with Crippen molar-refractivity contribution >= 4 is 17.8 Å². The van der Waals surface area contributed by atoms with Crippen LogP contribution in [-0.2, 0) is 14.3 Å². The lowest BCUT2D eigenvalue weighted by molar-refractivity contribution is -0.221. The van der Waals surface area contributed by atoms with Crippen molar-refractivity contribution in [2.24, 2.45) is 11.8 Å². The Balaban J connectivity index is 1.60. The summed E-state index contributed by atoms with van der Waals surface area (Å²) in [5.74, 6) is 4.88. The molecule has 2 aromatic rings. The molecule has 0 spiro atoms. The van der Waals surface area contributed by atoms with Crippen LogP contribution in [0.5, 0.6) is 11.5 Å². The molecule has 3 atom stereocenters. The van der Waals surface area contributed by atoms with Crippen molar-refractivity contribution in [3.05, 3.63) is 60.2 Å². The molecule has 2 amide bonds. The van der Waals surface area contributed by atoms with Crippen LogP contribution in [0.3, 0.4) is 0 Å². The fourth-order valence-corrected chi connectivity index (χ4v) is 6.31. The second-order valence-electron chi connectivity index (χ2n) is 11.1. The van der Waals surface area contributed by atoms with Gasteiger partial charge in [-0.25, -0.2) is 20.5 Å². The number of aliphatic hydroxyl groups is 1. The number of benzene rings is 2. The number of esters is 1. The predicted octanol–water partition coefficient (Wildman–Crippen LogP) is 3.61. The molecule has 1 aliphatic carbocycles. The summed E-state index contributed by atoms with van der Waals surface area (Å²) in [5.41, 5.74) is -1.68. The van der Waals surface area contributed by atoms with Gasteiger partial charge in [-0.15, -0.1) is 0 Å². The molecule has 0 aromatic heterocycles. The molecule has 2 heterocycles. The number of rotatable bonds is 6. The molecule has 1 saturated carbocycles. The second kappa shape index (κ2) is 11.6. The fourth-order valence-electron chi connectivity index (χ4n) is 6.31. The average molecular weight is 551 g/mol. The summed E-state index contributed by atoms with van der Waals surface area (Å²) in [5, 5.41) is 11.8. The van der Waals surface area contributed by atoms with E-state index in [0.717, 1.165) is 24.3 Å². The number of ether oxygens (including phenoxy) is 2. The lowest BCUT2D eigenvalue weighted by Gasteiger charge is -2.54. The smallest absolute Gasteiger partial charge is 0.356 e. The summed E-state index contributed by atoms with van der Waals surface area (Å²) in [7, 11) is 0. The van der Waals surface area contributed by atoms with Gasteiger partial charge in [0.2, 0.25) is 5.66 Å². The van der Waals surface area contributed by atoms with Gasteiger partial charge in [0.05, 0.1) is 0 Å². The van der Waals surface area contributed by atoms with E-state index in [1.165, 1.54) is 9.80 Å². The average Bonchev–Trinajstić information content (AvgIpc) is 3.42. The van der Waals surface area contributed by atoms with Gasteiger partial charge in [0.1, 0.15) is 11.5 Å². The molecule has 3 aliphatic rings. The Morgan fingerprint density at radius 2 is 1.73 bits per heavy atom. The largest absolute Gasteiger partial charge is 0.457 e. The van der Waals surface area contributed by atoms with Gasteiger partial charge in [-0.05, 0) is 56.0 Å². The molecule has 0 radical (unpaired) electrons. The van der Waals surface area contributed by atoms with Crippen LogP contribution in [-0.4, -0.2) is 68.4 Å². The first-order chi connectivity index (χ1) is 19.2. The van der Waals surface area contributed by atoms with Crippen LogP contribution in [0.4, 0.5) is 0 Å². The first-order valence-corrected chi connectivity index (χ1v) is 14.2. The maximum Gasteiger partial charge on any atom is 0.356 e. The first-order valence-electron chi connectivity index (χ1n) is 14.2. The van der Waals surface area contributed by atoms with Gasteiger partial charge in [-0.2, -0.15) is 0 Å². The normalized spacial score (nSPS) is 26.2. The maximum atomic E-state index is 14.6. The van der Waals surface area contributed by atoms with Crippen LogP contribution < -0.4 is 10.6 Å². The third kappa shape index (κ3) is 4.95. The van der Waals surface area contributed by atoms with Crippen molar-refractivity contribution in [1.82, 2.24) is 14.8 Å². The molecule has 10 heteroatoms. The zero-order valence-electron chi connectivity index (χ0n) is 23.1. The molecule has 3 fully saturated rings. The van der Waals surface area contributed by atoms with Crippen molar-refractivity contribution in [3.8, 4) is 11.5 Å². The molecule has 10 nitrogen and oxygen atoms in total. The van der Waals surface area contributed by atoms with E-state index in [4.69, 9.17) is 15.3 Å². The van der Waals surface area contributed by atoms with Crippen LogP contribution in [0, 0.1) is 5.92 Å². The van der Waals surface area contributed by atoms with Gasteiger partial charge in [0.15, 0.2) is 12.5 Å². The number of para-hydroxylation sites is 1. The van der Waals surface area contributed by atoms with Crippen LogP contribution in [0.25, 0.3) is 0 Å². The van der Waals surface area contributed by atoms with Crippen LogP contribution >= 0.6 is 0 Å². The molecule has 3 N–H and O–H groups in total. The van der Waals surface area contributed by atoms with Gasteiger partial charge in [0.25, 0.3) is 11.8 Å². The molecule has 5 rings (SSSR count). The van der Waals surface area contributed by atoms with Crippen LogP contribution in [0.1, 0.15) is 69.2 Å². The minimum absolute atomic E-state index is 0.290. The van der Waals surface area contributed by atoms with E-state index in [-0.39, 0.29) is 11.6 Å². The molecule has 0 bridgehead atoms. The van der Waals surface area contributed by atoms with Crippen LogP contribution in [0.15, 0.2) is 54.6 Å². The Kier molecular flexibility index (Phi) is 8.11. The molecule has 2 aromatic carbocycles. The predicted molar refractivity (Wildman–Crippen MR) is 146 cm³/mol. The van der Waals surface area contributed by atoms with E-state index in [1.807, 2.05) is 30.3 Å². The summed E-state index contributed by atoms with van der Waals surface area (Å²) in [6.07, 6.45) is 2.81. The summed E-state index contributed by atoms with van der Waals surface area (Å²) >= 11 is 0. The van der Waals surface area contributed by atoms with Gasteiger partial charge < -0.3 is 19.5 Å². The number of nitrogens with two attached hydrogens (primary N) is 1. The van der Waals surface area contributed by atoms with E-state index in [2.05, 4.69) is 0 Å². The topological polar surface area (TPSA) is 126 Å². The number of hydrazine groups is 1. The fraction of sp³-hybridized carbons (Fsp3) is 0.500. The first kappa shape index (κ1) is 28.1. The number of aliphatic hydroxyl groups excluding tert-OH is 1. The second-order valence-corrected chi connectivity index (χ2v) is 11.1. The Labute approximate surface area is 234 Å². The van der Waals surface area contributed by atoms with E-state index >= 15 is 0 Å². The number of fused-ring (bicyclic) bond motifs is 1. The minimum Gasteiger partial charge on any atom is -0.457 e. The number of carbonyl (C=O) groups is 3. The van der Waals surface area contributed by atoms with E-state index in [0.29, 0.717) is 43.7 Å². The highest BCUT2D eigenvalue weighted by molar-refractivity contribution is 6.00. The Bertz CT molecular complexity index is 1230. The molecule has 40 heavy (non-hydrogen) atoms. The quantitative estimate of drug-likeness (QED) is 0.318. The lowest BCUT2D eigenvalue weighted by atomic mass is 9.85. The molecular weight excluding hydrogens is 512 g/mol. The summed E-state index contributed by atoms with van der Waals surface area (Å²) in [6, 6.07) is 15.6. The van der Waals surface area contributed by atoms with Gasteiger partial charge >= 0.3 is 5.97 Å². The van der Waals surface area contributed by atoms with Gasteiger partial charge in [0, 0.05) is 24.1 Å². The van der Waals surface area contributed by atoms with E-state index in [9.17, 15) is 19.5 Å². The molecule has 3 unspecified atom stereocenters. The highest BCUT2D eigenvalue weighted by Gasteiger charge is 2.61. The zero-order chi connectivity index (χ0) is 28.4. The van der Waals surface area contributed by atoms with Crippen molar-refractivity contribution in [1.29, 1.82) is 0 Å². The highest BCUT2D eigenvalue weighted by Crippen LogP contribution is 2.40. The Morgan fingerprint density at radius 3 is 2.42 bits per heavy atom. The third-order valence-corrected chi connectivity index (χ3v) is 8.31.